The monoisotopic (exact) mass is 417 g/mol. The van der Waals surface area contributed by atoms with Crippen LogP contribution in [0.5, 0.6) is 0 Å². The molecule has 0 radical (unpaired) electrons. The zero-order chi connectivity index (χ0) is 19.8. The fourth-order valence-corrected chi connectivity index (χ4v) is 3.08. The Morgan fingerprint density at radius 1 is 1.07 bits per heavy atom. The van der Waals surface area contributed by atoms with Crippen molar-refractivity contribution in [2.75, 3.05) is 5.32 Å². The molecule has 0 aliphatic heterocycles. The van der Waals surface area contributed by atoms with Crippen LogP contribution in [0.4, 0.5) is 16.0 Å². The Kier molecular flexibility index (Phi) is 4.74. The maximum atomic E-state index is 13.1. The van der Waals surface area contributed by atoms with E-state index < -0.39 is 0 Å². The first-order valence-corrected chi connectivity index (χ1v) is 9.00. The second-order valence-electron chi connectivity index (χ2n) is 6.05. The number of benzene rings is 1. The van der Waals surface area contributed by atoms with Gasteiger partial charge in [-0.05, 0) is 38.1 Å². The van der Waals surface area contributed by atoms with Crippen molar-refractivity contribution < 1.29 is 4.39 Å². The average molecular weight is 418 g/mol. The molecule has 28 heavy (non-hydrogen) atoms. The number of halogens is 3. The molecule has 0 aliphatic carbocycles. The standard InChI is InChI=1S/C18H14Cl2FN7/c1-9-15(19)10(2)28(27-9)14-7-13(22-8-23-14)24-18-16(20)17(25-26-18)11-3-5-12(21)6-4-11/h3-8H,1-2H3,(H2,22,23,24,25,26). The Bertz CT molecular complexity index is 1150. The minimum atomic E-state index is -0.324. The van der Waals surface area contributed by atoms with Crippen LogP contribution in [-0.2, 0) is 0 Å². The minimum Gasteiger partial charge on any atom is -0.322 e. The molecule has 0 saturated heterocycles. The van der Waals surface area contributed by atoms with Gasteiger partial charge in [-0.25, -0.2) is 19.0 Å². The average Bonchev–Trinajstić information content (AvgIpc) is 3.17. The summed E-state index contributed by atoms with van der Waals surface area (Å²) in [6.07, 6.45) is 1.41. The molecule has 0 atom stereocenters. The normalized spacial score (nSPS) is 11.0. The summed E-state index contributed by atoms with van der Waals surface area (Å²) in [5.74, 6) is 1.09. The van der Waals surface area contributed by atoms with Gasteiger partial charge in [0.15, 0.2) is 11.6 Å². The Balaban J connectivity index is 1.64. The zero-order valence-corrected chi connectivity index (χ0v) is 16.3. The van der Waals surface area contributed by atoms with Crippen molar-refractivity contribution in [1.82, 2.24) is 29.9 Å². The predicted molar refractivity (Wildman–Crippen MR) is 106 cm³/mol. The molecular weight excluding hydrogens is 404 g/mol. The van der Waals surface area contributed by atoms with Crippen molar-refractivity contribution in [2.24, 2.45) is 0 Å². The summed E-state index contributed by atoms with van der Waals surface area (Å²) in [5.41, 5.74) is 2.78. The van der Waals surface area contributed by atoms with Crippen molar-refractivity contribution in [3.8, 4) is 17.1 Å². The van der Waals surface area contributed by atoms with Crippen molar-refractivity contribution in [1.29, 1.82) is 0 Å². The van der Waals surface area contributed by atoms with E-state index in [9.17, 15) is 4.39 Å². The molecule has 0 unspecified atom stereocenters. The lowest BCUT2D eigenvalue weighted by atomic mass is 10.1. The maximum absolute atomic E-state index is 13.1. The molecule has 142 valence electrons. The smallest absolute Gasteiger partial charge is 0.172 e. The molecular formula is C18H14Cl2FN7. The van der Waals surface area contributed by atoms with Gasteiger partial charge in [0, 0.05) is 11.6 Å². The molecule has 3 aromatic heterocycles. The second kappa shape index (κ2) is 7.21. The number of aromatic nitrogens is 6. The van der Waals surface area contributed by atoms with E-state index in [4.69, 9.17) is 23.2 Å². The largest absolute Gasteiger partial charge is 0.322 e. The van der Waals surface area contributed by atoms with Gasteiger partial charge in [-0.15, -0.1) is 0 Å². The van der Waals surface area contributed by atoms with Gasteiger partial charge in [0.25, 0.3) is 0 Å². The summed E-state index contributed by atoms with van der Waals surface area (Å²) in [6, 6.07) is 7.66. The van der Waals surface area contributed by atoms with E-state index >= 15 is 0 Å². The number of nitrogens with one attached hydrogen (secondary N) is 2. The molecule has 4 aromatic rings. The molecule has 3 heterocycles. The van der Waals surface area contributed by atoms with Crippen molar-refractivity contribution in [2.45, 2.75) is 13.8 Å². The second-order valence-corrected chi connectivity index (χ2v) is 6.81. The highest BCUT2D eigenvalue weighted by atomic mass is 35.5. The molecule has 2 N–H and O–H groups in total. The highest BCUT2D eigenvalue weighted by Gasteiger charge is 2.15. The molecule has 1 aromatic carbocycles. The van der Waals surface area contributed by atoms with Crippen LogP contribution in [0.2, 0.25) is 10.0 Å². The molecule has 4 rings (SSSR count). The number of rotatable bonds is 4. The Hall–Kier alpha value is -2.97. The first-order valence-electron chi connectivity index (χ1n) is 8.25. The van der Waals surface area contributed by atoms with Gasteiger partial charge in [0.1, 0.15) is 23.0 Å². The van der Waals surface area contributed by atoms with E-state index in [1.165, 1.54) is 18.5 Å². The number of hydrogen-bond donors (Lipinski definition) is 2. The summed E-state index contributed by atoms with van der Waals surface area (Å²) in [5, 5.41) is 15.4. The summed E-state index contributed by atoms with van der Waals surface area (Å²) >= 11 is 12.6. The van der Waals surface area contributed by atoms with E-state index in [-0.39, 0.29) is 5.82 Å². The molecule has 10 heteroatoms. The van der Waals surface area contributed by atoms with Crippen molar-refractivity contribution >= 4 is 34.8 Å². The molecule has 0 spiro atoms. The van der Waals surface area contributed by atoms with Crippen molar-refractivity contribution in [3.05, 3.63) is 63.9 Å². The van der Waals surface area contributed by atoms with E-state index in [2.05, 4.69) is 30.6 Å². The van der Waals surface area contributed by atoms with E-state index in [0.29, 0.717) is 44.5 Å². The maximum Gasteiger partial charge on any atom is 0.172 e. The lowest BCUT2D eigenvalue weighted by Crippen LogP contribution is -2.04. The molecule has 0 saturated carbocycles. The summed E-state index contributed by atoms with van der Waals surface area (Å²) in [4.78, 5) is 8.44. The summed E-state index contributed by atoms with van der Waals surface area (Å²) in [7, 11) is 0. The van der Waals surface area contributed by atoms with Crippen LogP contribution in [-0.4, -0.2) is 29.9 Å². The van der Waals surface area contributed by atoms with Gasteiger partial charge >= 0.3 is 0 Å². The van der Waals surface area contributed by atoms with Gasteiger partial charge in [0.2, 0.25) is 0 Å². The fourth-order valence-electron chi connectivity index (χ4n) is 2.72. The number of anilines is 2. The number of aryl methyl sites for hydroxylation is 1. The van der Waals surface area contributed by atoms with Crippen LogP contribution in [0.25, 0.3) is 17.1 Å². The number of hydrogen-bond acceptors (Lipinski definition) is 5. The summed E-state index contributed by atoms with van der Waals surface area (Å²) < 4.78 is 14.8. The third kappa shape index (κ3) is 3.32. The third-order valence-corrected chi connectivity index (χ3v) is 5.07. The first kappa shape index (κ1) is 18.4. The quantitative estimate of drug-likeness (QED) is 0.495. The van der Waals surface area contributed by atoms with Gasteiger partial charge in [-0.1, -0.05) is 23.2 Å². The number of nitrogens with zero attached hydrogens (tertiary/aromatic N) is 5. The van der Waals surface area contributed by atoms with Gasteiger partial charge in [0.05, 0.1) is 22.1 Å². The molecule has 0 aliphatic rings. The van der Waals surface area contributed by atoms with Crippen LogP contribution >= 0.6 is 23.2 Å². The highest BCUT2D eigenvalue weighted by molar-refractivity contribution is 6.35. The molecule has 0 bridgehead atoms. The van der Waals surface area contributed by atoms with Gasteiger partial charge in [-0.2, -0.15) is 10.2 Å². The van der Waals surface area contributed by atoms with Crippen LogP contribution in [0, 0.1) is 19.7 Å². The van der Waals surface area contributed by atoms with Gasteiger partial charge in [-0.3, -0.25) is 5.10 Å². The number of aromatic amines is 1. The van der Waals surface area contributed by atoms with E-state index in [1.54, 1.807) is 22.9 Å². The third-order valence-electron chi connectivity index (χ3n) is 4.16. The minimum absolute atomic E-state index is 0.324. The van der Waals surface area contributed by atoms with Gasteiger partial charge < -0.3 is 5.32 Å². The van der Waals surface area contributed by atoms with E-state index in [1.807, 2.05) is 13.8 Å². The zero-order valence-electron chi connectivity index (χ0n) is 14.8. The Morgan fingerprint density at radius 3 is 2.50 bits per heavy atom. The van der Waals surface area contributed by atoms with Crippen molar-refractivity contribution in [3.63, 3.8) is 0 Å². The SMILES string of the molecule is Cc1nn(-c2cc(Nc3n[nH]c(-c4ccc(F)cc4)c3Cl)ncn2)c(C)c1Cl. The molecule has 7 nitrogen and oxygen atoms in total. The number of H-pyrrole nitrogens is 1. The highest BCUT2D eigenvalue weighted by Crippen LogP contribution is 2.33. The van der Waals surface area contributed by atoms with Crippen LogP contribution < -0.4 is 5.32 Å². The summed E-state index contributed by atoms with van der Waals surface area (Å²) in [6.45, 7) is 3.68. The van der Waals surface area contributed by atoms with Crippen LogP contribution in [0.15, 0.2) is 36.7 Å². The molecule has 0 fully saturated rings. The topological polar surface area (TPSA) is 84.3 Å². The Labute approximate surface area is 169 Å². The van der Waals surface area contributed by atoms with Crippen LogP contribution in [0.1, 0.15) is 11.4 Å². The fraction of sp³-hybridized carbons (Fsp3) is 0.111. The first-order chi connectivity index (χ1) is 13.4. The van der Waals surface area contributed by atoms with E-state index in [0.717, 1.165) is 5.69 Å². The predicted octanol–water partition coefficient (Wildman–Crippen LogP) is 4.86. The van der Waals surface area contributed by atoms with Crippen LogP contribution in [0.3, 0.4) is 0 Å². The lowest BCUT2D eigenvalue weighted by Gasteiger charge is -2.06. The lowest BCUT2D eigenvalue weighted by molar-refractivity contribution is 0.628. The Morgan fingerprint density at radius 2 is 1.82 bits per heavy atom. The molecule has 0 amide bonds.